The molecule has 0 amide bonds. The topological polar surface area (TPSA) is 86.0 Å². The Hall–Kier alpha value is -2.37. The van der Waals surface area contributed by atoms with Crippen molar-refractivity contribution in [1.82, 2.24) is 29.9 Å². The standard InChI is InChI=1S/2C7H12N2.C6H10N2.CH4/c2*1-7(2,3)6-4-8-5-9-6;1-5(2)6-7-3-4-8-6;/h2*4-5H,1-3H3,(H,8,9);3-5H,1-2H3,(H,7,8);1H4. The van der Waals surface area contributed by atoms with Crippen molar-refractivity contribution in [3.63, 3.8) is 0 Å². The number of hydrogen-bond donors (Lipinski definition) is 3. The van der Waals surface area contributed by atoms with Gasteiger partial charge < -0.3 is 15.0 Å². The molecular formula is C21H38N6. The zero-order valence-corrected chi connectivity index (χ0v) is 17.4. The van der Waals surface area contributed by atoms with Crippen molar-refractivity contribution in [2.75, 3.05) is 0 Å². The number of hydrogen-bond acceptors (Lipinski definition) is 3. The van der Waals surface area contributed by atoms with Gasteiger partial charge >= 0.3 is 0 Å². The molecule has 0 aliphatic rings. The maximum Gasteiger partial charge on any atom is 0.108 e. The first kappa shape index (κ1) is 24.6. The number of imidazole rings is 3. The van der Waals surface area contributed by atoms with E-state index in [-0.39, 0.29) is 18.3 Å². The van der Waals surface area contributed by atoms with E-state index < -0.39 is 0 Å². The average molecular weight is 375 g/mol. The third-order valence-electron chi connectivity index (χ3n) is 3.68. The van der Waals surface area contributed by atoms with Crippen molar-refractivity contribution in [3.05, 3.63) is 54.7 Å². The lowest BCUT2D eigenvalue weighted by Crippen LogP contribution is -2.10. The van der Waals surface area contributed by atoms with Crippen LogP contribution in [0.3, 0.4) is 0 Å². The second kappa shape index (κ2) is 10.7. The largest absolute Gasteiger partial charge is 0.348 e. The summed E-state index contributed by atoms with van der Waals surface area (Å²) in [7, 11) is 0. The van der Waals surface area contributed by atoms with Gasteiger partial charge in [-0.05, 0) is 0 Å². The minimum Gasteiger partial charge on any atom is -0.348 e. The van der Waals surface area contributed by atoms with Gasteiger partial charge in [0.25, 0.3) is 0 Å². The first-order valence-corrected chi connectivity index (χ1v) is 8.98. The molecule has 0 saturated carbocycles. The quantitative estimate of drug-likeness (QED) is 0.519. The van der Waals surface area contributed by atoms with Gasteiger partial charge in [0.15, 0.2) is 0 Å². The summed E-state index contributed by atoms with van der Waals surface area (Å²) in [5.74, 6) is 1.58. The lowest BCUT2D eigenvalue weighted by atomic mass is 9.93. The van der Waals surface area contributed by atoms with Crippen LogP contribution in [0, 0.1) is 0 Å². The number of H-pyrrole nitrogens is 3. The number of aromatic nitrogens is 6. The Bertz CT molecular complexity index is 637. The maximum atomic E-state index is 4.06. The third-order valence-corrected chi connectivity index (χ3v) is 3.68. The zero-order valence-electron chi connectivity index (χ0n) is 17.4. The van der Waals surface area contributed by atoms with Gasteiger partial charge in [0.2, 0.25) is 0 Å². The molecule has 6 heteroatoms. The Morgan fingerprint density at radius 2 is 1.22 bits per heavy atom. The SMILES string of the molecule is C.CC(C)(C)c1cnc[nH]1.CC(C)(C)c1cnc[nH]1.CC(C)c1ncc[nH]1. The minimum absolute atomic E-state index is 0. The molecule has 3 aromatic heterocycles. The van der Waals surface area contributed by atoms with E-state index in [1.54, 1.807) is 18.9 Å². The predicted octanol–water partition coefficient (Wildman–Crippen LogP) is 5.58. The molecule has 3 aromatic rings. The van der Waals surface area contributed by atoms with E-state index in [4.69, 9.17) is 0 Å². The molecule has 27 heavy (non-hydrogen) atoms. The Labute approximate surface area is 164 Å². The molecule has 0 saturated heterocycles. The van der Waals surface area contributed by atoms with E-state index in [9.17, 15) is 0 Å². The van der Waals surface area contributed by atoms with Gasteiger partial charge in [-0.2, -0.15) is 0 Å². The number of rotatable bonds is 1. The lowest BCUT2D eigenvalue weighted by Gasteiger charge is -2.14. The highest BCUT2D eigenvalue weighted by molar-refractivity contribution is 5.07. The number of aromatic amines is 3. The summed E-state index contributed by atoms with van der Waals surface area (Å²) in [5, 5.41) is 0. The van der Waals surface area contributed by atoms with Crippen LogP contribution in [0.5, 0.6) is 0 Å². The van der Waals surface area contributed by atoms with Gasteiger partial charge in [-0.25, -0.2) is 15.0 Å². The molecule has 3 rings (SSSR count). The van der Waals surface area contributed by atoms with Crippen LogP contribution in [0.4, 0.5) is 0 Å². The molecule has 0 aliphatic carbocycles. The second-order valence-corrected chi connectivity index (χ2v) is 8.56. The van der Waals surface area contributed by atoms with E-state index >= 15 is 0 Å². The Balaban J connectivity index is 0.000000369. The number of nitrogens with zero attached hydrogens (tertiary/aromatic N) is 3. The summed E-state index contributed by atoms with van der Waals surface area (Å²) >= 11 is 0. The van der Waals surface area contributed by atoms with Crippen LogP contribution in [0.1, 0.15) is 85.9 Å². The van der Waals surface area contributed by atoms with E-state index in [1.165, 1.54) is 11.4 Å². The van der Waals surface area contributed by atoms with Crippen molar-refractivity contribution in [1.29, 1.82) is 0 Å². The van der Waals surface area contributed by atoms with Crippen LogP contribution in [0.25, 0.3) is 0 Å². The summed E-state index contributed by atoms with van der Waals surface area (Å²) in [5.41, 5.74) is 2.78. The minimum atomic E-state index is 0. The monoisotopic (exact) mass is 374 g/mol. The molecule has 3 heterocycles. The molecule has 0 bridgehead atoms. The molecule has 3 N–H and O–H groups in total. The zero-order chi connectivity index (χ0) is 19.8. The molecule has 6 nitrogen and oxygen atoms in total. The highest BCUT2D eigenvalue weighted by Gasteiger charge is 2.14. The molecule has 0 fully saturated rings. The molecule has 0 atom stereocenters. The normalized spacial score (nSPS) is 11.0. The average Bonchev–Trinajstić information content (AvgIpc) is 3.28. The van der Waals surface area contributed by atoms with Crippen molar-refractivity contribution in [2.24, 2.45) is 0 Å². The van der Waals surface area contributed by atoms with Crippen LogP contribution in [-0.2, 0) is 10.8 Å². The molecule has 0 unspecified atom stereocenters. The molecule has 0 aliphatic heterocycles. The van der Waals surface area contributed by atoms with Gasteiger partial charge in [0.1, 0.15) is 5.82 Å². The van der Waals surface area contributed by atoms with E-state index in [1.807, 2.05) is 18.6 Å². The molecule has 152 valence electrons. The Morgan fingerprint density at radius 1 is 0.778 bits per heavy atom. The Morgan fingerprint density at radius 3 is 1.37 bits per heavy atom. The van der Waals surface area contributed by atoms with Crippen LogP contribution in [0.15, 0.2) is 37.4 Å². The third kappa shape index (κ3) is 9.22. The molecule has 0 spiro atoms. The van der Waals surface area contributed by atoms with Crippen LogP contribution < -0.4 is 0 Å². The summed E-state index contributed by atoms with van der Waals surface area (Å²) in [6.45, 7) is 17.1. The first-order valence-electron chi connectivity index (χ1n) is 8.98. The summed E-state index contributed by atoms with van der Waals surface area (Å²) in [6.07, 6.45) is 10.8. The molecule has 0 aromatic carbocycles. The Kier molecular flexibility index (Phi) is 9.76. The second-order valence-electron chi connectivity index (χ2n) is 8.56. The fourth-order valence-electron chi connectivity index (χ4n) is 1.93. The smallest absolute Gasteiger partial charge is 0.108 e. The van der Waals surface area contributed by atoms with Gasteiger partial charge in [0.05, 0.1) is 12.7 Å². The summed E-state index contributed by atoms with van der Waals surface area (Å²) in [4.78, 5) is 21.1. The molecular weight excluding hydrogens is 336 g/mol. The fourth-order valence-corrected chi connectivity index (χ4v) is 1.93. The van der Waals surface area contributed by atoms with Crippen molar-refractivity contribution < 1.29 is 0 Å². The maximum absolute atomic E-state index is 4.06. The highest BCUT2D eigenvalue weighted by atomic mass is 14.9. The van der Waals surface area contributed by atoms with Gasteiger partial charge in [0, 0.05) is 52.9 Å². The van der Waals surface area contributed by atoms with E-state index in [0.29, 0.717) is 5.92 Å². The van der Waals surface area contributed by atoms with Crippen molar-refractivity contribution in [3.8, 4) is 0 Å². The predicted molar refractivity (Wildman–Crippen MR) is 114 cm³/mol. The van der Waals surface area contributed by atoms with Crippen LogP contribution >= 0.6 is 0 Å². The van der Waals surface area contributed by atoms with Crippen LogP contribution in [-0.4, -0.2) is 29.9 Å². The van der Waals surface area contributed by atoms with E-state index in [0.717, 1.165) is 5.82 Å². The van der Waals surface area contributed by atoms with Gasteiger partial charge in [-0.1, -0.05) is 62.8 Å². The summed E-state index contributed by atoms with van der Waals surface area (Å²) < 4.78 is 0. The lowest BCUT2D eigenvalue weighted by molar-refractivity contribution is 0.572. The van der Waals surface area contributed by atoms with Crippen molar-refractivity contribution >= 4 is 0 Å². The van der Waals surface area contributed by atoms with Crippen LogP contribution in [0.2, 0.25) is 0 Å². The number of nitrogens with one attached hydrogen (secondary N) is 3. The first-order chi connectivity index (χ1) is 12.0. The molecule has 0 radical (unpaired) electrons. The highest BCUT2D eigenvalue weighted by Crippen LogP contribution is 2.18. The van der Waals surface area contributed by atoms with Gasteiger partial charge in [-0.3, -0.25) is 0 Å². The van der Waals surface area contributed by atoms with E-state index in [2.05, 4.69) is 85.3 Å². The van der Waals surface area contributed by atoms with Crippen molar-refractivity contribution in [2.45, 2.75) is 79.6 Å². The van der Waals surface area contributed by atoms with Gasteiger partial charge in [-0.15, -0.1) is 0 Å². The fraction of sp³-hybridized carbons (Fsp3) is 0.571. The summed E-state index contributed by atoms with van der Waals surface area (Å²) in [6, 6.07) is 0.